The molecule has 1 N–H and O–H groups in total. The molecule has 0 aliphatic carbocycles. The van der Waals surface area contributed by atoms with E-state index in [1.807, 2.05) is 12.1 Å². The van der Waals surface area contributed by atoms with E-state index in [9.17, 15) is 0 Å². The SMILES string of the molecule is Ic1cccc(OC[C@@H]2CCCNC2)c1. The topological polar surface area (TPSA) is 21.3 Å². The second-order valence-corrected chi connectivity index (χ2v) is 5.23. The number of piperidine rings is 1. The molecule has 1 aliphatic rings. The number of hydrogen-bond acceptors (Lipinski definition) is 2. The van der Waals surface area contributed by atoms with Crippen molar-refractivity contribution in [2.45, 2.75) is 12.8 Å². The van der Waals surface area contributed by atoms with E-state index in [0.29, 0.717) is 5.92 Å². The summed E-state index contributed by atoms with van der Waals surface area (Å²) in [6, 6.07) is 8.22. The molecule has 2 nitrogen and oxygen atoms in total. The lowest BCUT2D eigenvalue weighted by Crippen LogP contribution is -2.33. The summed E-state index contributed by atoms with van der Waals surface area (Å²) in [5.41, 5.74) is 0. The van der Waals surface area contributed by atoms with Crippen LogP contribution in [0.3, 0.4) is 0 Å². The Bertz CT molecular complexity index is 310. The van der Waals surface area contributed by atoms with E-state index < -0.39 is 0 Å². The summed E-state index contributed by atoms with van der Waals surface area (Å²) in [6.45, 7) is 3.11. The molecule has 1 heterocycles. The third-order valence-corrected chi connectivity index (χ3v) is 3.35. The summed E-state index contributed by atoms with van der Waals surface area (Å²) in [6.07, 6.45) is 2.57. The molecular formula is C12H16INO. The van der Waals surface area contributed by atoms with E-state index in [4.69, 9.17) is 4.74 Å². The first-order valence-electron chi connectivity index (χ1n) is 5.44. The van der Waals surface area contributed by atoms with E-state index in [1.165, 1.54) is 23.0 Å². The zero-order valence-corrected chi connectivity index (χ0v) is 10.9. The summed E-state index contributed by atoms with van der Waals surface area (Å²) >= 11 is 2.31. The van der Waals surface area contributed by atoms with Gasteiger partial charge in [-0.1, -0.05) is 6.07 Å². The van der Waals surface area contributed by atoms with Crippen LogP contribution in [0.2, 0.25) is 0 Å². The molecule has 0 bridgehead atoms. The van der Waals surface area contributed by atoms with Gasteiger partial charge < -0.3 is 10.1 Å². The first-order valence-corrected chi connectivity index (χ1v) is 6.51. The molecule has 82 valence electrons. The van der Waals surface area contributed by atoms with Crippen molar-refractivity contribution < 1.29 is 4.74 Å². The first kappa shape index (κ1) is 11.2. The van der Waals surface area contributed by atoms with Crippen LogP contribution in [-0.2, 0) is 0 Å². The Morgan fingerprint density at radius 2 is 2.40 bits per heavy atom. The highest BCUT2D eigenvalue weighted by Gasteiger charge is 2.13. The summed E-state index contributed by atoms with van der Waals surface area (Å²) < 4.78 is 7.01. The molecule has 1 aromatic carbocycles. The van der Waals surface area contributed by atoms with Crippen LogP contribution in [0, 0.1) is 9.49 Å². The lowest BCUT2D eigenvalue weighted by molar-refractivity contribution is 0.218. The van der Waals surface area contributed by atoms with Gasteiger partial charge in [-0.15, -0.1) is 0 Å². The van der Waals surface area contributed by atoms with Gasteiger partial charge in [0.1, 0.15) is 5.75 Å². The molecule has 2 rings (SSSR count). The van der Waals surface area contributed by atoms with Crippen molar-refractivity contribution in [1.82, 2.24) is 5.32 Å². The van der Waals surface area contributed by atoms with Gasteiger partial charge in [-0.2, -0.15) is 0 Å². The molecule has 3 heteroatoms. The number of benzene rings is 1. The second kappa shape index (κ2) is 5.70. The van der Waals surface area contributed by atoms with Crippen LogP contribution in [0.1, 0.15) is 12.8 Å². The maximum atomic E-state index is 5.78. The molecule has 1 fully saturated rings. The Kier molecular flexibility index (Phi) is 4.26. The molecule has 0 aromatic heterocycles. The van der Waals surface area contributed by atoms with Gasteiger partial charge in [-0.3, -0.25) is 0 Å². The van der Waals surface area contributed by atoms with Crippen LogP contribution in [0.15, 0.2) is 24.3 Å². The third-order valence-electron chi connectivity index (χ3n) is 2.68. The highest BCUT2D eigenvalue weighted by Crippen LogP contribution is 2.17. The van der Waals surface area contributed by atoms with Gasteiger partial charge in [0.2, 0.25) is 0 Å². The Morgan fingerprint density at radius 1 is 1.47 bits per heavy atom. The summed E-state index contributed by atoms with van der Waals surface area (Å²) in [5.74, 6) is 1.67. The standard InChI is InChI=1S/C12H16INO/c13-11-4-1-5-12(7-11)15-9-10-3-2-6-14-8-10/h1,4-5,7,10,14H,2-3,6,8-9H2/t10-/m1/s1. The van der Waals surface area contributed by atoms with Crippen LogP contribution in [0.5, 0.6) is 5.75 Å². The number of nitrogens with one attached hydrogen (secondary N) is 1. The van der Waals surface area contributed by atoms with Gasteiger partial charge in [0, 0.05) is 16.0 Å². The first-order chi connectivity index (χ1) is 7.34. The van der Waals surface area contributed by atoms with Crippen molar-refractivity contribution in [2.24, 2.45) is 5.92 Å². The summed E-state index contributed by atoms with van der Waals surface area (Å²) in [4.78, 5) is 0. The van der Waals surface area contributed by atoms with E-state index in [1.54, 1.807) is 0 Å². The van der Waals surface area contributed by atoms with Crippen molar-refractivity contribution in [1.29, 1.82) is 0 Å². The predicted octanol–water partition coefficient (Wildman–Crippen LogP) is 2.67. The molecule has 0 spiro atoms. The monoisotopic (exact) mass is 317 g/mol. The van der Waals surface area contributed by atoms with Crippen molar-refractivity contribution in [3.05, 3.63) is 27.8 Å². The molecule has 15 heavy (non-hydrogen) atoms. The van der Waals surface area contributed by atoms with E-state index >= 15 is 0 Å². The van der Waals surface area contributed by atoms with Crippen molar-refractivity contribution in [3.8, 4) is 5.75 Å². The van der Waals surface area contributed by atoms with E-state index in [-0.39, 0.29) is 0 Å². The number of rotatable bonds is 3. The minimum absolute atomic E-state index is 0.677. The zero-order valence-electron chi connectivity index (χ0n) is 8.71. The lowest BCUT2D eigenvalue weighted by atomic mass is 10.0. The van der Waals surface area contributed by atoms with Crippen LogP contribution in [-0.4, -0.2) is 19.7 Å². The van der Waals surface area contributed by atoms with Crippen molar-refractivity contribution >= 4 is 22.6 Å². The fourth-order valence-electron chi connectivity index (χ4n) is 1.84. The fourth-order valence-corrected chi connectivity index (χ4v) is 2.35. The average molecular weight is 317 g/mol. The fraction of sp³-hybridized carbons (Fsp3) is 0.500. The molecule has 1 aromatic rings. The molecule has 1 saturated heterocycles. The Labute approximate surface area is 105 Å². The number of hydrogen-bond donors (Lipinski definition) is 1. The summed E-state index contributed by atoms with van der Waals surface area (Å²) in [7, 11) is 0. The van der Waals surface area contributed by atoms with E-state index in [2.05, 4.69) is 40.0 Å². The molecule has 1 aliphatic heterocycles. The van der Waals surface area contributed by atoms with Gasteiger partial charge in [-0.25, -0.2) is 0 Å². The third kappa shape index (κ3) is 3.65. The number of ether oxygens (including phenoxy) is 1. The van der Waals surface area contributed by atoms with Crippen LogP contribution in [0.4, 0.5) is 0 Å². The molecule has 0 radical (unpaired) electrons. The van der Waals surface area contributed by atoms with Crippen LogP contribution >= 0.6 is 22.6 Å². The minimum atomic E-state index is 0.677. The highest BCUT2D eigenvalue weighted by molar-refractivity contribution is 14.1. The van der Waals surface area contributed by atoms with Gasteiger partial charge >= 0.3 is 0 Å². The van der Waals surface area contributed by atoms with Gasteiger partial charge in [-0.05, 0) is 60.2 Å². The van der Waals surface area contributed by atoms with Gasteiger partial charge in [0.15, 0.2) is 0 Å². The van der Waals surface area contributed by atoms with Crippen LogP contribution < -0.4 is 10.1 Å². The Morgan fingerprint density at radius 3 is 3.13 bits per heavy atom. The second-order valence-electron chi connectivity index (χ2n) is 3.98. The normalized spacial score (nSPS) is 21.3. The maximum Gasteiger partial charge on any atom is 0.120 e. The van der Waals surface area contributed by atoms with Crippen molar-refractivity contribution in [3.63, 3.8) is 0 Å². The number of halogens is 1. The van der Waals surface area contributed by atoms with Gasteiger partial charge in [0.05, 0.1) is 6.61 Å². The highest BCUT2D eigenvalue weighted by atomic mass is 127. The maximum absolute atomic E-state index is 5.78. The largest absolute Gasteiger partial charge is 0.493 e. The average Bonchev–Trinajstić information content (AvgIpc) is 2.28. The van der Waals surface area contributed by atoms with E-state index in [0.717, 1.165) is 18.9 Å². The smallest absolute Gasteiger partial charge is 0.120 e. The Balaban J connectivity index is 1.81. The molecule has 1 atom stereocenters. The van der Waals surface area contributed by atoms with Gasteiger partial charge in [0.25, 0.3) is 0 Å². The molecule has 0 amide bonds. The predicted molar refractivity (Wildman–Crippen MR) is 70.2 cm³/mol. The Hall–Kier alpha value is -0.290. The zero-order chi connectivity index (χ0) is 10.5. The van der Waals surface area contributed by atoms with Crippen LogP contribution in [0.25, 0.3) is 0 Å². The molecular weight excluding hydrogens is 301 g/mol. The lowest BCUT2D eigenvalue weighted by Gasteiger charge is -2.22. The summed E-state index contributed by atoms with van der Waals surface area (Å²) in [5, 5.41) is 3.40. The molecule has 0 unspecified atom stereocenters. The minimum Gasteiger partial charge on any atom is -0.493 e. The van der Waals surface area contributed by atoms with Crippen molar-refractivity contribution in [2.75, 3.05) is 19.7 Å². The quantitative estimate of drug-likeness (QED) is 0.866. The molecule has 0 saturated carbocycles.